The number of nitrogens with one attached hydrogen (secondary N) is 1. The maximum absolute atomic E-state index is 13.4. The molecule has 0 unspecified atom stereocenters. The normalized spacial score (nSPS) is 10.9. The van der Waals surface area contributed by atoms with E-state index in [1.165, 1.54) is 11.3 Å². The van der Waals surface area contributed by atoms with Crippen molar-refractivity contribution in [3.8, 4) is 0 Å². The second-order valence-electron chi connectivity index (χ2n) is 2.95. The number of halogens is 1. The molecule has 0 radical (unpaired) electrons. The number of fused-ring (bicyclic) bond motifs is 1. The lowest BCUT2D eigenvalue weighted by Crippen LogP contribution is -2.04. The van der Waals surface area contributed by atoms with Gasteiger partial charge in [-0.3, -0.25) is 0 Å². The summed E-state index contributed by atoms with van der Waals surface area (Å²) in [6.45, 7) is 0.711. The highest BCUT2D eigenvalue weighted by atomic mass is 32.1. The lowest BCUT2D eigenvalue weighted by molar-refractivity contribution is 0.638. The Morgan fingerprint density at radius 2 is 2.31 bits per heavy atom. The Hall–Kier alpha value is -0.930. The molecule has 0 amide bonds. The van der Waals surface area contributed by atoms with Crippen LogP contribution >= 0.6 is 11.3 Å². The van der Waals surface area contributed by atoms with Crippen LogP contribution in [0.15, 0.2) is 23.6 Å². The zero-order chi connectivity index (χ0) is 9.26. The van der Waals surface area contributed by atoms with Gasteiger partial charge in [0.25, 0.3) is 0 Å². The van der Waals surface area contributed by atoms with Crippen molar-refractivity contribution in [2.45, 2.75) is 6.54 Å². The third-order valence-corrected chi connectivity index (χ3v) is 2.89. The fourth-order valence-corrected chi connectivity index (χ4v) is 2.19. The van der Waals surface area contributed by atoms with Gasteiger partial charge in [0, 0.05) is 6.54 Å². The molecule has 2 rings (SSSR count). The summed E-state index contributed by atoms with van der Waals surface area (Å²) >= 11 is 1.45. The summed E-state index contributed by atoms with van der Waals surface area (Å²) in [6, 6.07) is 5.56. The molecular formula is C10H10FNS. The molecule has 1 N–H and O–H groups in total. The molecule has 0 fully saturated rings. The standard InChI is InChI=1S/C10H10FNS/c1-12-6-7-4-8-2-3-13-10(8)9(11)5-7/h2-5,12H,6H2,1H3. The van der Waals surface area contributed by atoms with E-state index in [-0.39, 0.29) is 5.82 Å². The summed E-state index contributed by atoms with van der Waals surface area (Å²) in [6.07, 6.45) is 0. The van der Waals surface area contributed by atoms with Gasteiger partial charge in [-0.25, -0.2) is 4.39 Å². The largest absolute Gasteiger partial charge is 0.316 e. The Bertz CT molecular complexity index is 422. The van der Waals surface area contributed by atoms with Crippen molar-refractivity contribution in [1.82, 2.24) is 5.32 Å². The average Bonchev–Trinajstić information content (AvgIpc) is 2.53. The van der Waals surface area contributed by atoms with Gasteiger partial charge < -0.3 is 5.32 Å². The van der Waals surface area contributed by atoms with Crippen LogP contribution in [0.5, 0.6) is 0 Å². The lowest BCUT2D eigenvalue weighted by atomic mass is 10.1. The number of rotatable bonds is 2. The molecule has 0 aliphatic heterocycles. The molecule has 0 saturated heterocycles. The zero-order valence-electron chi connectivity index (χ0n) is 7.30. The summed E-state index contributed by atoms with van der Waals surface area (Å²) in [5.41, 5.74) is 0.992. The third kappa shape index (κ3) is 1.57. The first-order chi connectivity index (χ1) is 6.31. The van der Waals surface area contributed by atoms with Crippen LogP contribution in [-0.2, 0) is 6.54 Å². The zero-order valence-corrected chi connectivity index (χ0v) is 8.12. The van der Waals surface area contributed by atoms with Crippen molar-refractivity contribution in [3.63, 3.8) is 0 Å². The van der Waals surface area contributed by atoms with Crippen molar-refractivity contribution < 1.29 is 4.39 Å². The summed E-state index contributed by atoms with van der Waals surface area (Å²) in [5, 5.41) is 5.91. The Balaban J connectivity index is 2.56. The number of benzene rings is 1. The molecular weight excluding hydrogens is 185 g/mol. The number of hydrogen-bond acceptors (Lipinski definition) is 2. The molecule has 3 heteroatoms. The molecule has 0 atom stereocenters. The van der Waals surface area contributed by atoms with Crippen LogP contribution in [0.3, 0.4) is 0 Å². The van der Waals surface area contributed by atoms with Crippen molar-refractivity contribution >= 4 is 21.4 Å². The van der Waals surface area contributed by atoms with Gasteiger partial charge in [-0.05, 0) is 41.6 Å². The fourth-order valence-electron chi connectivity index (χ4n) is 1.40. The summed E-state index contributed by atoms with van der Waals surface area (Å²) in [5.74, 6) is -0.113. The average molecular weight is 195 g/mol. The molecule has 1 aromatic carbocycles. The predicted molar refractivity (Wildman–Crippen MR) is 54.5 cm³/mol. The summed E-state index contributed by atoms with van der Waals surface area (Å²) in [7, 11) is 1.86. The maximum Gasteiger partial charge on any atom is 0.141 e. The van der Waals surface area contributed by atoms with E-state index in [0.717, 1.165) is 15.6 Å². The highest BCUT2D eigenvalue weighted by Gasteiger charge is 2.03. The lowest BCUT2D eigenvalue weighted by Gasteiger charge is -2.00. The molecule has 1 nitrogen and oxygen atoms in total. The first-order valence-corrected chi connectivity index (χ1v) is 4.99. The molecule has 0 saturated carbocycles. The SMILES string of the molecule is CNCc1cc(F)c2sccc2c1. The van der Waals surface area contributed by atoms with Crippen molar-refractivity contribution in [3.05, 3.63) is 35.0 Å². The topological polar surface area (TPSA) is 12.0 Å². The van der Waals surface area contributed by atoms with E-state index < -0.39 is 0 Å². The molecule has 0 aliphatic carbocycles. The highest BCUT2D eigenvalue weighted by Crippen LogP contribution is 2.25. The van der Waals surface area contributed by atoms with Crippen LogP contribution < -0.4 is 5.32 Å². The Labute approximate surface area is 80.2 Å². The minimum atomic E-state index is -0.113. The smallest absolute Gasteiger partial charge is 0.141 e. The van der Waals surface area contributed by atoms with E-state index in [1.54, 1.807) is 6.07 Å². The van der Waals surface area contributed by atoms with Crippen LogP contribution in [0.4, 0.5) is 4.39 Å². The number of hydrogen-bond donors (Lipinski definition) is 1. The van der Waals surface area contributed by atoms with E-state index in [4.69, 9.17) is 0 Å². The molecule has 0 spiro atoms. The van der Waals surface area contributed by atoms with Gasteiger partial charge >= 0.3 is 0 Å². The van der Waals surface area contributed by atoms with Gasteiger partial charge in [-0.1, -0.05) is 0 Å². The molecule has 0 aliphatic rings. The molecule has 1 aromatic heterocycles. The van der Waals surface area contributed by atoms with Crippen LogP contribution in [0.1, 0.15) is 5.56 Å². The van der Waals surface area contributed by atoms with Gasteiger partial charge in [-0.15, -0.1) is 11.3 Å². The number of thiophene rings is 1. The quantitative estimate of drug-likeness (QED) is 0.777. The Morgan fingerprint density at radius 3 is 3.08 bits per heavy atom. The van der Waals surface area contributed by atoms with Gasteiger partial charge in [0.05, 0.1) is 4.70 Å². The van der Waals surface area contributed by atoms with Crippen molar-refractivity contribution in [1.29, 1.82) is 0 Å². The van der Waals surface area contributed by atoms with E-state index in [2.05, 4.69) is 5.32 Å². The molecule has 0 bridgehead atoms. The van der Waals surface area contributed by atoms with Crippen molar-refractivity contribution in [2.75, 3.05) is 7.05 Å². The molecule has 13 heavy (non-hydrogen) atoms. The fraction of sp³-hybridized carbons (Fsp3) is 0.200. The Morgan fingerprint density at radius 1 is 1.46 bits per heavy atom. The van der Waals surface area contributed by atoms with E-state index in [0.29, 0.717) is 6.54 Å². The second kappa shape index (κ2) is 3.44. The molecule has 2 aromatic rings. The molecule has 1 heterocycles. The summed E-state index contributed by atoms with van der Waals surface area (Å²) in [4.78, 5) is 0. The minimum Gasteiger partial charge on any atom is -0.316 e. The third-order valence-electron chi connectivity index (χ3n) is 1.95. The van der Waals surface area contributed by atoms with E-state index >= 15 is 0 Å². The summed E-state index contributed by atoms with van der Waals surface area (Å²) < 4.78 is 14.1. The van der Waals surface area contributed by atoms with Crippen LogP contribution in [0.25, 0.3) is 10.1 Å². The van der Waals surface area contributed by atoms with Gasteiger partial charge in [0.15, 0.2) is 0 Å². The Kier molecular flexibility index (Phi) is 2.29. The maximum atomic E-state index is 13.4. The van der Waals surface area contributed by atoms with Crippen LogP contribution in [0, 0.1) is 5.82 Å². The molecule has 68 valence electrons. The van der Waals surface area contributed by atoms with E-state index in [1.807, 2.05) is 24.6 Å². The minimum absolute atomic E-state index is 0.113. The van der Waals surface area contributed by atoms with Gasteiger partial charge in [0.1, 0.15) is 5.82 Å². The first-order valence-electron chi connectivity index (χ1n) is 4.11. The van der Waals surface area contributed by atoms with Gasteiger partial charge in [-0.2, -0.15) is 0 Å². The first kappa shape index (κ1) is 8.66. The van der Waals surface area contributed by atoms with Gasteiger partial charge in [0.2, 0.25) is 0 Å². The van der Waals surface area contributed by atoms with E-state index in [9.17, 15) is 4.39 Å². The second-order valence-corrected chi connectivity index (χ2v) is 3.86. The highest BCUT2D eigenvalue weighted by molar-refractivity contribution is 7.17. The monoisotopic (exact) mass is 195 g/mol. The van der Waals surface area contributed by atoms with Crippen LogP contribution in [-0.4, -0.2) is 7.05 Å². The predicted octanol–water partition coefficient (Wildman–Crippen LogP) is 2.76. The van der Waals surface area contributed by atoms with Crippen LogP contribution in [0.2, 0.25) is 0 Å². The van der Waals surface area contributed by atoms with Crippen molar-refractivity contribution in [2.24, 2.45) is 0 Å².